The Kier molecular flexibility index (Phi) is 5.65. The van der Waals surface area contributed by atoms with Crippen LogP contribution in [0.1, 0.15) is 55.3 Å². The molecule has 5 heteroatoms. The number of carbonyl (C=O) groups excluding carboxylic acids is 2. The third-order valence-corrected chi connectivity index (χ3v) is 5.97. The molecule has 2 saturated heterocycles. The lowest BCUT2D eigenvalue weighted by atomic mass is 9.98. The predicted octanol–water partition coefficient (Wildman–Crippen LogP) is 3.34. The average molecular weight is 370 g/mol. The van der Waals surface area contributed by atoms with Crippen LogP contribution in [-0.4, -0.2) is 54.4 Å². The Hall–Kier alpha value is -2.04. The number of ether oxygens (including phenoxy) is 1. The van der Waals surface area contributed by atoms with Crippen molar-refractivity contribution in [3.05, 3.63) is 29.8 Å². The molecule has 0 unspecified atom stereocenters. The van der Waals surface area contributed by atoms with Gasteiger partial charge in [-0.3, -0.25) is 9.59 Å². The van der Waals surface area contributed by atoms with Gasteiger partial charge in [-0.2, -0.15) is 0 Å². The van der Waals surface area contributed by atoms with E-state index < -0.39 is 0 Å². The maximum Gasteiger partial charge on any atom is 0.253 e. The lowest BCUT2D eigenvalue weighted by molar-refractivity contribution is -0.134. The van der Waals surface area contributed by atoms with Crippen LogP contribution in [0.4, 0.5) is 0 Å². The summed E-state index contributed by atoms with van der Waals surface area (Å²) < 4.78 is 6.02. The Morgan fingerprint density at radius 3 is 2.52 bits per heavy atom. The molecule has 1 aromatic carbocycles. The summed E-state index contributed by atoms with van der Waals surface area (Å²) in [5.74, 6) is 1.88. The molecule has 1 saturated carbocycles. The van der Waals surface area contributed by atoms with Crippen LogP contribution in [0, 0.1) is 11.8 Å². The minimum Gasteiger partial charge on any atom is -0.493 e. The molecule has 3 fully saturated rings. The zero-order valence-corrected chi connectivity index (χ0v) is 16.1. The molecule has 5 nitrogen and oxygen atoms in total. The SMILES string of the molecule is O=C(c1cccc(OC[C@@H]2CCCN(C(=O)C3CC3)C2)c1)N1CCCCC1. The highest BCUT2D eigenvalue weighted by molar-refractivity contribution is 5.94. The summed E-state index contributed by atoms with van der Waals surface area (Å²) in [7, 11) is 0. The number of amides is 2. The molecule has 2 heterocycles. The summed E-state index contributed by atoms with van der Waals surface area (Å²) in [6, 6.07) is 7.56. The summed E-state index contributed by atoms with van der Waals surface area (Å²) in [5.41, 5.74) is 0.712. The van der Waals surface area contributed by atoms with E-state index in [4.69, 9.17) is 4.74 Å². The third-order valence-electron chi connectivity index (χ3n) is 5.97. The molecule has 1 aliphatic carbocycles. The van der Waals surface area contributed by atoms with E-state index in [1.807, 2.05) is 34.1 Å². The van der Waals surface area contributed by atoms with Gasteiger partial charge < -0.3 is 14.5 Å². The van der Waals surface area contributed by atoms with E-state index in [1.165, 1.54) is 6.42 Å². The van der Waals surface area contributed by atoms with E-state index in [0.717, 1.165) is 70.5 Å². The number of hydrogen-bond acceptors (Lipinski definition) is 3. The molecule has 4 rings (SSSR count). The summed E-state index contributed by atoms with van der Waals surface area (Å²) >= 11 is 0. The second kappa shape index (κ2) is 8.32. The first kappa shape index (κ1) is 18.3. The van der Waals surface area contributed by atoms with Gasteiger partial charge >= 0.3 is 0 Å². The van der Waals surface area contributed by atoms with Crippen molar-refractivity contribution >= 4 is 11.8 Å². The Bertz CT molecular complexity index is 680. The van der Waals surface area contributed by atoms with Crippen molar-refractivity contribution in [1.82, 2.24) is 9.80 Å². The van der Waals surface area contributed by atoms with Crippen LogP contribution in [0.3, 0.4) is 0 Å². The largest absolute Gasteiger partial charge is 0.493 e. The predicted molar refractivity (Wildman–Crippen MR) is 104 cm³/mol. The second-order valence-corrected chi connectivity index (χ2v) is 8.26. The maximum atomic E-state index is 12.7. The topological polar surface area (TPSA) is 49.9 Å². The molecule has 0 N–H and O–H groups in total. The second-order valence-electron chi connectivity index (χ2n) is 8.26. The Labute approximate surface area is 161 Å². The highest BCUT2D eigenvalue weighted by Crippen LogP contribution is 2.32. The van der Waals surface area contributed by atoms with E-state index in [9.17, 15) is 9.59 Å². The molecule has 146 valence electrons. The maximum absolute atomic E-state index is 12.7. The van der Waals surface area contributed by atoms with Gasteiger partial charge in [-0.1, -0.05) is 6.07 Å². The lowest BCUT2D eigenvalue weighted by Gasteiger charge is -2.32. The van der Waals surface area contributed by atoms with E-state index in [0.29, 0.717) is 29.9 Å². The minimum absolute atomic E-state index is 0.110. The van der Waals surface area contributed by atoms with Crippen LogP contribution in [0.5, 0.6) is 5.75 Å². The van der Waals surface area contributed by atoms with Crippen LogP contribution >= 0.6 is 0 Å². The molecule has 0 radical (unpaired) electrons. The number of hydrogen-bond donors (Lipinski definition) is 0. The van der Waals surface area contributed by atoms with E-state index >= 15 is 0 Å². The minimum atomic E-state index is 0.110. The molecular formula is C22H30N2O3. The summed E-state index contributed by atoms with van der Waals surface area (Å²) in [4.78, 5) is 28.9. The Morgan fingerprint density at radius 2 is 1.74 bits per heavy atom. The highest BCUT2D eigenvalue weighted by atomic mass is 16.5. The smallest absolute Gasteiger partial charge is 0.253 e. The molecular weight excluding hydrogens is 340 g/mol. The first-order chi connectivity index (χ1) is 13.2. The number of likely N-dealkylation sites (tertiary alicyclic amines) is 2. The molecule has 0 aromatic heterocycles. The van der Waals surface area contributed by atoms with Crippen LogP contribution in [0.25, 0.3) is 0 Å². The summed E-state index contributed by atoms with van der Waals surface area (Å²) in [5, 5.41) is 0. The monoisotopic (exact) mass is 370 g/mol. The van der Waals surface area contributed by atoms with Gasteiger partial charge in [0.25, 0.3) is 5.91 Å². The van der Waals surface area contributed by atoms with E-state index in [2.05, 4.69) is 0 Å². The standard InChI is InChI=1S/C22H30N2O3/c25-21(18-9-10-18)24-13-5-6-17(15-24)16-27-20-8-4-7-19(14-20)22(26)23-11-2-1-3-12-23/h4,7-8,14,17-18H,1-3,5-6,9-13,15-16H2/t17-/m1/s1. The molecule has 0 bridgehead atoms. The Morgan fingerprint density at radius 1 is 0.963 bits per heavy atom. The quantitative estimate of drug-likeness (QED) is 0.799. The molecule has 2 aliphatic heterocycles. The van der Waals surface area contributed by atoms with Gasteiger partial charge in [-0.15, -0.1) is 0 Å². The van der Waals surface area contributed by atoms with Crippen molar-refractivity contribution in [2.45, 2.75) is 44.9 Å². The number of piperidine rings is 2. The average Bonchev–Trinajstić information content (AvgIpc) is 3.58. The summed E-state index contributed by atoms with van der Waals surface area (Å²) in [6.45, 7) is 4.02. The zero-order valence-electron chi connectivity index (χ0n) is 16.1. The van der Waals surface area contributed by atoms with Crippen molar-refractivity contribution in [3.8, 4) is 5.75 Å². The fourth-order valence-electron chi connectivity index (χ4n) is 4.20. The third kappa shape index (κ3) is 4.63. The van der Waals surface area contributed by atoms with E-state index in [-0.39, 0.29) is 5.91 Å². The van der Waals surface area contributed by atoms with Gasteiger partial charge in [0.15, 0.2) is 0 Å². The fraction of sp³-hybridized carbons (Fsp3) is 0.636. The van der Waals surface area contributed by atoms with Gasteiger partial charge in [0.1, 0.15) is 5.75 Å². The van der Waals surface area contributed by atoms with Crippen LogP contribution in [0.15, 0.2) is 24.3 Å². The normalized spacial score (nSPS) is 23.2. The first-order valence-corrected chi connectivity index (χ1v) is 10.5. The number of nitrogens with zero attached hydrogens (tertiary/aromatic N) is 2. The molecule has 0 spiro atoms. The number of carbonyl (C=O) groups is 2. The van der Waals surface area contributed by atoms with Crippen molar-refractivity contribution < 1.29 is 14.3 Å². The van der Waals surface area contributed by atoms with Gasteiger partial charge in [0.05, 0.1) is 6.61 Å². The van der Waals surface area contributed by atoms with Gasteiger partial charge in [-0.25, -0.2) is 0 Å². The fourth-order valence-corrected chi connectivity index (χ4v) is 4.20. The molecule has 27 heavy (non-hydrogen) atoms. The molecule has 1 atom stereocenters. The van der Waals surface area contributed by atoms with Gasteiger partial charge in [0, 0.05) is 43.6 Å². The molecule has 1 aromatic rings. The first-order valence-electron chi connectivity index (χ1n) is 10.5. The number of benzene rings is 1. The van der Waals surface area contributed by atoms with Crippen molar-refractivity contribution in [3.63, 3.8) is 0 Å². The highest BCUT2D eigenvalue weighted by Gasteiger charge is 2.35. The number of rotatable bonds is 5. The van der Waals surface area contributed by atoms with Crippen LogP contribution in [0.2, 0.25) is 0 Å². The van der Waals surface area contributed by atoms with Crippen molar-refractivity contribution in [2.75, 3.05) is 32.8 Å². The zero-order chi connectivity index (χ0) is 18.6. The Balaban J connectivity index is 1.31. The van der Waals surface area contributed by atoms with Crippen molar-refractivity contribution in [2.24, 2.45) is 11.8 Å². The molecule has 3 aliphatic rings. The lowest BCUT2D eigenvalue weighted by Crippen LogP contribution is -2.42. The van der Waals surface area contributed by atoms with Crippen LogP contribution < -0.4 is 4.74 Å². The van der Waals surface area contributed by atoms with Gasteiger partial charge in [-0.05, 0) is 63.1 Å². The van der Waals surface area contributed by atoms with Crippen LogP contribution in [-0.2, 0) is 4.79 Å². The van der Waals surface area contributed by atoms with Crippen molar-refractivity contribution in [1.29, 1.82) is 0 Å². The van der Waals surface area contributed by atoms with Gasteiger partial charge in [0.2, 0.25) is 5.91 Å². The molecule has 2 amide bonds. The van der Waals surface area contributed by atoms with E-state index in [1.54, 1.807) is 0 Å². The summed E-state index contributed by atoms with van der Waals surface area (Å²) in [6.07, 6.45) is 7.69.